The summed E-state index contributed by atoms with van der Waals surface area (Å²) >= 11 is 7.44. The largest absolute Gasteiger partial charge is 0.278 e. The van der Waals surface area contributed by atoms with Gasteiger partial charge in [-0.15, -0.1) is 45.3 Å². The van der Waals surface area contributed by atoms with Crippen LogP contribution < -0.4 is 21.6 Å². The van der Waals surface area contributed by atoms with Crippen LogP contribution in [0.25, 0.3) is 61.2 Å². The molecule has 0 atom stereocenters. The van der Waals surface area contributed by atoms with Crippen molar-refractivity contribution < 1.29 is 0 Å². The lowest BCUT2D eigenvalue weighted by molar-refractivity contribution is 1.25. The number of thiophene rings is 4. The molecule has 0 saturated carbocycles. The summed E-state index contributed by atoms with van der Waals surface area (Å²) in [6.07, 6.45) is 0. The molecule has 48 heavy (non-hydrogen) atoms. The number of hydrogen-bond donors (Lipinski definition) is 2. The van der Waals surface area contributed by atoms with Crippen molar-refractivity contribution in [3.05, 3.63) is 129 Å². The average Bonchev–Trinajstić information content (AvgIpc) is 3.94. The fourth-order valence-corrected chi connectivity index (χ4v) is 11.2. The fourth-order valence-electron chi connectivity index (χ4n) is 6.81. The molecule has 9 rings (SSSR count). The first-order valence-corrected chi connectivity index (χ1v) is 19.1. The van der Waals surface area contributed by atoms with Crippen molar-refractivity contribution >= 4 is 98.4 Å². The van der Waals surface area contributed by atoms with E-state index in [0.717, 1.165) is 22.1 Å². The summed E-state index contributed by atoms with van der Waals surface area (Å²) in [7, 11) is 0. The maximum absolute atomic E-state index is 5.16. The molecule has 5 aromatic carbocycles. The number of anilines is 2. The minimum Gasteiger partial charge on any atom is -0.278 e. The lowest BCUT2D eigenvalue weighted by atomic mass is 9.98. The van der Waals surface area contributed by atoms with Crippen molar-refractivity contribution in [2.75, 3.05) is 10.9 Å². The van der Waals surface area contributed by atoms with Crippen molar-refractivity contribution in [1.29, 1.82) is 0 Å². The van der Waals surface area contributed by atoms with E-state index >= 15 is 0 Å². The smallest absolute Gasteiger partial charge is 0.100 e. The Balaban J connectivity index is 1.39. The van der Waals surface area contributed by atoms with Crippen LogP contribution in [0.2, 0.25) is 0 Å². The Bertz CT molecular complexity index is 2580. The number of benzene rings is 3. The predicted molar refractivity (Wildman–Crippen MR) is 211 cm³/mol. The van der Waals surface area contributed by atoms with Gasteiger partial charge in [0, 0.05) is 71.0 Å². The molecule has 0 saturated heterocycles. The zero-order chi connectivity index (χ0) is 32.5. The van der Waals surface area contributed by atoms with E-state index in [1.165, 1.54) is 82.1 Å². The number of hydrogen-bond acceptors (Lipinski definition) is 8. The first-order valence-electron chi connectivity index (χ1n) is 15.8. The highest BCUT2D eigenvalue weighted by atomic mass is 32.1. The van der Waals surface area contributed by atoms with Gasteiger partial charge in [-0.2, -0.15) is 10.2 Å². The lowest BCUT2D eigenvalue weighted by Gasteiger charge is -2.08. The zero-order valence-electron chi connectivity index (χ0n) is 26.8. The summed E-state index contributed by atoms with van der Waals surface area (Å²) in [6, 6.07) is 34.0. The molecule has 0 fully saturated rings. The molecule has 0 unspecified atom stereocenters. The van der Waals surface area contributed by atoms with Crippen molar-refractivity contribution in [1.82, 2.24) is 0 Å². The Hall–Kier alpha value is -4.60. The van der Waals surface area contributed by atoms with Crippen LogP contribution in [0.4, 0.5) is 11.4 Å². The zero-order valence-corrected chi connectivity index (χ0v) is 30.0. The van der Waals surface area contributed by atoms with Crippen LogP contribution in [0, 0.1) is 27.7 Å². The first kappa shape index (κ1) is 29.5. The molecule has 8 heteroatoms. The highest BCUT2D eigenvalue weighted by molar-refractivity contribution is 7.27. The van der Waals surface area contributed by atoms with Crippen molar-refractivity contribution in [3.8, 4) is 19.5 Å². The van der Waals surface area contributed by atoms with Crippen LogP contribution in [-0.4, -0.2) is 0 Å². The summed E-state index contributed by atoms with van der Waals surface area (Å²) in [6.45, 7) is 8.90. The molecular weight excluding hydrogens is 665 g/mol. The molecule has 4 nitrogen and oxygen atoms in total. The number of aryl methyl sites for hydroxylation is 4. The minimum atomic E-state index is 0.970. The van der Waals surface area contributed by atoms with Gasteiger partial charge in [-0.25, -0.2) is 0 Å². The van der Waals surface area contributed by atoms with Gasteiger partial charge >= 0.3 is 0 Å². The summed E-state index contributed by atoms with van der Waals surface area (Å²) in [4.78, 5) is 7.79. The van der Waals surface area contributed by atoms with Crippen LogP contribution in [0.3, 0.4) is 0 Å². The molecule has 4 heterocycles. The van der Waals surface area contributed by atoms with E-state index in [0.29, 0.717) is 0 Å². The molecular formula is C40H30N4S4. The Morgan fingerprint density at radius 3 is 1.23 bits per heavy atom. The summed E-state index contributed by atoms with van der Waals surface area (Å²) in [5, 5.41) is 19.7. The van der Waals surface area contributed by atoms with Crippen LogP contribution in [0.1, 0.15) is 20.9 Å². The molecule has 2 N–H and O–H groups in total. The van der Waals surface area contributed by atoms with Gasteiger partial charge in [0.25, 0.3) is 0 Å². The van der Waals surface area contributed by atoms with Crippen molar-refractivity contribution in [2.24, 2.45) is 10.2 Å². The third kappa shape index (κ3) is 4.74. The van der Waals surface area contributed by atoms with Gasteiger partial charge < -0.3 is 0 Å². The van der Waals surface area contributed by atoms with Crippen molar-refractivity contribution in [2.45, 2.75) is 27.7 Å². The topological polar surface area (TPSA) is 48.8 Å². The second-order valence-corrected chi connectivity index (χ2v) is 16.8. The standard InChI is InChI=1S/C40H30N4S4/c1-21-15-17-29(45-21)31-19-27-37(43-41-25-11-7-5-8-12-25)33-24(4)36-34(23(3)35(33)39(27)47-31)38(44-42-26-13-9-6-10-14-26)28-20-32(48-40(28)36)30-18-16-22(2)46-30/h5-20,41-42H,1-4H3/b43-37+,44-38+. The predicted octanol–water partition coefficient (Wildman–Crippen LogP) is 11.8. The normalized spacial score (nSPS) is 12.8. The van der Waals surface area contributed by atoms with Crippen LogP contribution >= 0.6 is 45.3 Å². The molecule has 0 aliphatic rings. The third-order valence-electron chi connectivity index (χ3n) is 9.01. The number of nitrogens with one attached hydrogen (secondary N) is 2. The first-order chi connectivity index (χ1) is 23.4. The van der Waals surface area contributed by atoms with E-state index in [-0.39, 0.29) is 0 Å². The SMILES string of the molecule is Cc1ccc(-c2cc3/c(=N\Nc4ccccc4)c4c(C)c5c(c(C)c4c3s2)/c(=N/Nc2ccccc2)c2cc(-c3ccc(C)s3)sc25)s1. The number of para-hydroxylation sites is 2. The van der Waals surface area contributed by atoms with E-state index in [1.807, 2.05) is 81.7 Å². The van der Waals surface area contributed by atoms with E-state index in [4.69, 9.17) is 10.2 Å². The number of fused-ring (bicyclic) bond motifs is 6. The molecule has 9 aromatic rings. The Labute approximate surface area is 293 Å². The second kappa shape index (κ2) is 11.5. The van der Waals surface area contributed by atoms with Gasteiger partial charge in [-0.1, -0.05) is 36.4 Å². The summed E-state index contributed by atoms with van der Waals surface area (Å²) in [5.74, 6) is 0. The highest BCUT2D eigenvalue weighted by Gasteiger charge is 2.25. The molecule has 0 aliphatic heterocycles. The summed E-state index contributed by atoms with van der Waals surface area (Å²) in [5.41, 5.74) is 11.2. The Morgan fingerprint density at radius 2 is 0.854 bits per heavy atom. The van der Waals surface area contributed by atoms with E-state index in [1.54, 1.807) is 0 Å². The maximum atomic E-state index is 5.16. The third-order valence-corrected chi connectivity index (χ3v) is 13.7. The molecule has 4 aromatic heterocycles. The lowest BCUT2D eigenvalue weighted by Crippen LogP contribution is -2.07. The number of nitrogens with zero attached hydrogens (tertiary/aromatic N) is 2. The van der Waals surface area contributed by atoms with Crippen LogP contribution in [0.5, 0.6) is 0 Å². The summed E-state index contributed by atoms with van der Waals surface area (Å²) < 4.78 is 2.56. The highest BCUT2D eigenvalue weighted by Crippen LogP contribution is 2.47. The Morgan fingerprint density at radius 1 is 0.438 bits per heavy atom. The van der Waals surface area contributed by atoms with Gasteiger partial charge in [0.05, 0.1) is 11.4 Å². The van der Waals surface area contributed by atoms with E-state index in [9.17, 15) is 0 Å². The average molecular weight is 695 g/mol. The van der Waals surface area contributed by atoms with Crippen molar-refractivity contribution in [3.63, 3.8) is 0 Å². The van der Waals surface area contributed by atoms with Gasteiger partial charge in [0.1, 0.15) is 10.7 Å². The van der Waals surface area contributed by atoms with E-state index in [2.05, 4.69) is 99.2 Å². The fraction of sp³-hybridized carbons (Fsp3) is 0.100. The Kier molecular flexibility index (Phi) is 7.09. The van der Waals surface area contributed by atoms with Gasteiger partial charge in [-0.3, -0.25) is 10.9 Å². The van der Waals surface area contributed by atoms with Crippen LogP contribution in [0.15, 0.2) is 107 Å². The number of rotatable bonds is 6. The molecule has 234 valence electrons. The van der Waals surface area contributed by atoms with Gasteiger partial charge in [0.2, 0.25) is 0 Å². The molecule has 0 bridgehead atoms. The van der Waals surface area contributed by atoms with Gasteiger partial charge in [0.15, 0.2) is 0 Å². The van der Waals surface area contributed by atoms with Crippen LogP contribution in [-0.2, 0) is 0 Å². The molecule has 0 amide bonds. The van der Waals surface area contributed by atoms with Gasteiger partial charge in [-0.05, 0) is 99.5 Å². The second-order valence-electron chi connectivity index (χ2n) is 12.2. The monoisotopic (exact) mass is 694 g/mol. The maximum Gasteiger partial charge on any atom is 0.100 e. The molecule has 0 radical (unpaired) electrons. The minimum absolute atomic E-state index is 0.970. The molecule has 0 spiro atoms. The molecule has 0 aliphatic carbocycles. The quantitative estimate of drug-likeness (QED) is 0.170. The van der Waals surface area contributed by atoms with E-state index < -0.39 is 0 Å².